The van der Waals surface area contributed by atoms with Gasteiger partial charge in [-0.15, -0.1) is 0 Å². The molecule has 1 saturated carbocycles. The molecule has 1 saturated heterocycles. The molecule has 0 aromatic rings. The molecule has 0 aromatic heterocycles. The molecule has 3 heteroatoms. The number of carbonyl (C=O) groups excluding carboxylic acids is 2. The summed E-state index contributed by atoms with van der Waals surface area (Å²) < 4.78 is 6.15. The molecule has 3 nitrogen and oxygen atoms in total. The maximum absolute atomic E-state index is 13.0. The number of carbonyl (C=O) groups is 2. The third kappa shape index (κ3) is 1.86. The quantitative estimate of drug-likeness (QED) is 0.548. The highest BCUT2D eigenvalue weighted by Gasteiger charge is 2.61. The predicted molar refractivity (Wildman–Crippen MR) is 87.9 cm³/mol. The van der Waals surface area contributed by atoms with E-state index in [0.717, 1.165) is 30.4 Å². The lowest BCUT2D eigenvalue weighted by molar-refractivity contribution is -0.153. The summed E-state index contributed by atoms with van der Waals surface area (Å²) in [6.07, 6.45) is 6.28. The lowest BCUT2D eigenvalue weighted by Gasteiger charge is -2.61. The molecule has 3 aliphatic carbocycles. The second-order valence-corrected chi connectivity index (χ2v) is 8.83. The first-order valence-electron chi connectivity index (χ1n) is 8.95. The molecule has 0 N–H and O–H groups in total. The van der Waals surface area contributed by atoms with Gasteiger partial charge in [0.1, 0.15) is 0 Å². The van der Waals surface area contributed by atoms with Gasteiger partial charge in [-0.05, 0) is 48.2 Å². The molecular formula is C20H26O3. The van der Waals surface area contributed by atoms with E-state index in [1.165, 1.54) is 6.42 Å². The number of hydrogen-bond acceptors (Lipinski definition) is 3. The van der Waals surface area contributed by atoms with E-state index in [0.29, 0.717) is 18.1 Å². The van der Waals surface area contributed by atoms with Crippen molar-refractivity contribution >= 4 is 11.6 Å². The number of ether oxygens (including phenoxy) is 1. The molecule has 0 radical (unpaired) electrons. The SMILES string of the molecule is CC(C)C1=CC2=C(C(=O)C1=O)[C@@]13CCCC(C)(C)C1C[C@@H]2OC3. The fourth-order valence-corrected chi connectivity index (χ4v) is 5.67. The molecule has 5 aliphatic rings. The molecule has 2 heterocycles. The van der Waals surface area contributed by atoms with Gasteiger partial charge in [0.15, 0.2) is 0 Å². The van der Waals surface area contributed by atoms with Crippen molar-refractivity contribution in [3.05, 3.63) is 22.8 Å². The Labute approximate surface area is 138 Å². The Kier molecular flexibility index (Phi) is 3.10. The zero-order valence-electron chi connectivity index (χ0n) is 14.6. The first kappa shape index (κ1) is 15.3. The van der Waals surface area contributed by atoms with Crippen LogP contribution in [0.25, 0.3) is 0 Å². The Morgan fingerprint density at radius 1 is 1.17 bits per heavy atom. The lowest BCUT2D eigenvalue weighted by atomic mass is 9.47. The molecule has 3 atom stereocenters. The van der Waals surface area contributed by atoms with Crippen LogP contribution in [0.1, 0.15) is 53.4 Å². The van der Waals surface area contributed by atoms with Crippen molar-refractivity contribution in [2.75, 3.05) is 6.61 Å². The average Bonchev–Trinajstić information content (AvgIpc) is 2.49. The minimum absolute atomic E-state index is 0.0000463. The van der Waals surface area contributed by atoms with Gasteiger partial charge in [-0.25, -0.2) is 0 Å². The normalized spacial score (nSPS) is 38.6. The highest BCUT2D eigenvalue weighted by atomic mass is 16.5. The molecule has 1 unspecified atom stereocenters. The van der Waals surface area contributed by atoms with Crippen LogP contribution in [0.5, 0.6) is 0 Å². The van der Waals surface area contributed by atoms with Crippen molar-refractivity contribution in [1.82, 2.24) is 0 Å². The van der Waals surface area contributed by atoms with Gasteiger partial charge >= 0.3 is 0 Å². The predicted octanol–water partition coefficient (Wildman–Crippen LogP) is 3.63. The number of fused-ring (bicyclic) bond motifs is 1. The van der Waals surface area contributed by atoms with Crippen molar-refractivity contribution in [2.45, 2.75) is 59.5 Å². The van der Waals surface area contributed by atoms with Gasteiger partial charge in [-0.1, -0.05) is 34.1 Å². The summed E-state index contributed by atoms with van der Waals surface area (Å²) in [5.74, 6) is 0.0220. The maximum atomic E-state index is 13.0. The van der Waals surface area contributed by atoms with Gasteiger partial charge in [-0.3, -0.25) is 9.59 Å². The molecular weight excluding hydrogens is 288 g/mol. The van der Waals surface area contributed by atoms with E-state index in [9.17, 15) is 9.59 Å². The van der Waals surface area contributed by atoms with Crippen LogP contribution in [-0.2, 0) is 14.3 Å². The summed E-state index contributed by atoms with van der Waals surface area (Å²) in [5.41, 5.74) is 2.50. The second-order valence-electron chi connectivity index (χ2n) is 8.83. The minimum Gasteiger partial charge on any atom is -0.373 e. The van der Waals surface area contributed by atoms with Crippen molar-refractivity contribution in [3.8, 4) is 0 Å². The number of ketones is 2. The highest BCUT2D eigenvalue weighted by molar-refractivity contribution is 6.50. The van der Waals surface area contributed by atoms with Crippen molar-refractivity contribution in [1.29, 1.82) is 0 Å². The zero-order chi connectivity index (χ0) is 16.6. The summed E-state index contributed by atoms with van der Waals surface area (Å²) in [5, 5.41) is 0. The smallest absolute Gasteiger partial charge is 0.230 e. The summed E-state index contributed by atoms with van der Waals surface area (Å²) >= 11 is 0. The lowest BCUT2D eigenvalue weighted by Crippen LogP contribution is -2.59. The van der Waals surface area contributed by atoms with E-state index in [1.807, 2.05) is 19.9 Å². The van der Waals surface area contributed by atoms with Crippen LogP contribution >= 0.6 is 0 Å². The van der Waals surface area contributed by atoms with E-state index in [4.69, 9.17) is 4.74 Å². The fourth-order valence-electron chi connectivity index (χ4n) is 5.67. The second kappa shape index (κ2) is 4.66. The molecule has 124 valence electrons. The zero-order valence-corrected chi connectivity index (χ0v) is 14.6. The monoisotopic (exact) mass is 314 g/mol. The van der Waals surface area contributed by atoms with Gasteiger partial charge in [0.05, 0.1) is 12.7 Å². The Morgan fingerprint density at radius 2 is 1.91 bits per heavy atom. The van der Waals surface area contributed by atoms with Crippen LogP contribution in [0.2, 0.25) is 0 Å². The van der Waals surface area contributed by atoms with E-state index < -0.39 is 0 Å². The van der Waals surface area contributed by atoms with Gasteiger partial charge < -0.3 is 4.74 Å². The Morgan fingerprint density at radius 3 is 2.61 bits per heavy atom. The minimum atomic E-state index is -0.275. The van der Waals surface area contributed by atoms with E-state index in [-0.39, 0.29) is 34.4 Å². The van der Waals surface area contributed by atoms with Crippen molar-refractivity contribution in [2.24, 2.45) is 22.7 Å². The summed E-state index contributed by atoms with van der Waals surface area (Å²) in [4.78, 5) is 25.7. The summed E-state index contributed by atoms with van der Waals surface area (Å²) in [7, 11) is 0. The largest absolute Gasteiger partial charge is 0.373 e. The average molecular weight is 314 g/mol. The van der Waals surface area contributed by atoms with Crippen LogP contribution in [-0.4, -0.2) is 24.3 Å². The fraction of sp³-hybridized carbons (Fsp3) is 0.700. The molecule has 0 amide bonds. The van der Waals surface area contributed by atoms with Crippen LogP contribution < -0.4 is 0 Å². The molecule has 1 spiro atoms. The molecule has 0 aromatic carbocycles. The Balaban J connectivity index is 1.92. The van der Waals surface area contributed by atoms with Crippen LogP contribution in [0, 0.1) is 22.7 Å². The van der Waals surface area contributed by atoms with E-state index >= 15 is 0 Å². The van der Waals surface area contributed by atoms with E-state index in [1.54, 1.807) is 0 Å². The molecule has 23 heavy (non-hydrogen) atoms. The summed E-state index contributed by atoms with van der Waals surface area (Å²) in [6, 6.07) is 0. The number of hydrogen-bond donors (Lipinski definition) is 0. The first-order chi connectivity index (χ1) is 10.8. The van der Waals surface area contributed by atoms with Crippen LogP contribution in [0.3, 0.4) is 0 Å². The maximum Gasteiger partial charge on any atom is 0.230 e. The van der Waals surface area contributed by atoms with Crippen molar-refractivity contribution < 1.29 is 14.3 Å². The standard InChI is InChI=1S/C20H26O3/c1-11(2)12-8-13-14-9-15-19(3,4)6-5-7-20(15,10-23-14)16(13)18(22)17(12)21/h8,11,14-15H,5-7,9-10H2,1-4H3/t14-,15?,20+/m0/s1. The van der Waals surface area contributed by atoms with Crippen molar-refractivity contribution in [3.63, 3.8) is 0 Å². The van der Waals surface area contributed by atoms with Gasteiger partial charge in [0.25, 0.3) is 0 Å². The summed E-state index contributed by atoms with van der Waals surface area (Å²) in [6.45, 7) is 9.23. The molecule has 5 rings (SSSR count). The number of rotatable bonds is 1. The molecule has 2 fully saturated rings. The molecule has 2 bridgehead atoms. The van der Waals surface area contributed by atoms with Crippen LogP contribution in [0.15, 0.2) is 22.8 Å². The Hall–Kier alpha value is -1.22. The number of Topliss-reactive ketones (excluding diaryl/α,β-unsaturated/α-hetero) is 2. The van der Waals surface area contributed by atoms with Gasteiger partial charge in [0, 0.05) is 16.6 Å². The van der Waals surface area contributed by atoms with Crippen LogP contribution in [0.4, 0.5) is 0 Å². The van der Waals surface area contributed by atoms with E-state index in [2.05, 4.69) is 13.8 Å². The third-order valence-corrected chi connectivity index (χ3v) is 6.81. The third-order valence-electron chi connectivity index (χ3n) is 6.81. The van der Waals surface area contributed by atoms with Gasteiger partial charge in [-0.2, -0.15) is 0 Å². The van der Waals surface area contributed by atoms with Gasteiger partial charge in [0.2, 0.25) is 11.6 Å². The molecule has 2 aliphatic heterocycles. The first-order valence-corrected chi connectivity index (χ1v) is 8.95. The number of allylic oxidation sites excluding steroid dienone is 1. The highest BCUT2D eigenvalue weighted by Crippen LogP contribution is 2.63. The Bertz CT molecular complexity index is 664. The topological polar surface area (TPSA) is 43.4 Å².